The lowest BCUT2D eigenvalue weighted by atomic mass is 10.5. The molecule has 0 aliphatic heterocycles. The van der Waals surface area contributed by atoms with Crippen molar-refractivity contribution in [1.82, 2.24) is 4.90 Å². The lowest BCUT2D eigenvalue weighted by molar-refractivity contribution is -0.814. The molecule has 0 bridgehead atoms. The smallest absolute Gasteiger partial charge is 0.299 e. The SMILES string of the molecule is CC[NH+](CC)C(=O)N(C)C. The molecule has 0 aliphatic rings. The second kappa shape index (κ2) is 4.28. The van der Waals surface area contributed by atoms with Gasteiger partial charge in [-0.1, -0.05) is 0 Å². The van der Waals surface area contributed by atoms with Gasteiger partial charge in [-0.25, -0.2) is 4.79 Å². The maximum atomic E-state index is 11.2. The van der Waals surface area contributed by atoms with E-state index >= 15 is 0 Å². The molecule has 0 atom stereocenters. The van der Waals surface area contributed by atoms with Gasteiger partial charge in [0.15, 0.2) is 0 Å². The molecule has 0 fully saturated rings. The van der Waals surface area contributed by atoms with Gasteiger partial charge in [-0.3, -0.25) is 9.80 Å². The highest BCUT2D eigenvalue weighted by molar-refractivity contribution is 5.63. The second-order valence-electron chi connectivity index (χ2n) is 2.51. The van der Waals surface area contributed by atoms with Gasteiger partial charge < -0.3 is 0 Å². The molecule has 3 heteroatoms. The Hall–Kier alpha value is -0.570. The Morgan fingerprint density at radius 1 is 1.30 bits per heavy atom. The fourth-order valence-corrected chi connectivity index (χ4v) is 0.869. The van der Waals surface area contributed by atoms with E-state index in [0.29, 0.717) is 0 Å². The number of rotatable bonds is 2. The minimum atomic E-state index is 0.171. The van der Waals surface area contributed by atoms with Gasteiger partial charge in [0, 0.05) is 14.1 Å². The Morgan fingerprint density at radius 2 is 1.70 bits per heavy atom. The van der Waals surface area contributed by atoms with E-state index in [1.165, 1.54) is 0 Å². The Kier molecular flexibility index (Phi) is 4.03. The van der Waals surface area contributed by atoms with E-state index in [0.717, 1.165) is 18.0 Å². The fourth-order valence-electron chi connectivity index (χ4n) is 0.869. The highest BCUT2D eigenvalue weighted by atomic mass is 16.2. The quantitative estimate of drug-likeness (QED) is 0.561. The lowest BCUT2D eigenvalue weighted by Crippen LogP contribution is -3.15. The van der Waals surface area contributed by atoms with Crippen molar-refractivity contribution >= 4 is 6.03 Å². The topological polar surface area (TPSA) is 24.8 Å². The second-order valence-corrected chi connectivity index (χ2v) is 2.51. The standard InChI is InChI=1S/C7H16N2O/c1-5-9(6-2)7(10)8(3)4/h5-6H2,1-4H3/p+1. The maximum Gasteiger partial charge on any atom is 0.416 e. The number of urea groups is 1. The molecular weight excluding hydrogens is 128 g/mol. The van der Waals surface area contributed by atoms with Crippen LogP contribution in [0.1, 0.15) is 13.8 Å². The van der Waals surface area contributed by atoms with E-state index in [-0.39, 0.29) is 6.03 Å². The summed E-state index contributed by atoms with van der Waals surface area (Å²) < 4.78 is 0. The highest BCUT2D eigenvalue weighted by Crippen LogP contribution is 1.69. The summed E-state index contributed by atoms with van der Waals surface area (Å²) in [5.74, 6) is 0. The molecule has 0 aromatic heterocycles. The molecule has 0 aromatic rings. The summed E-state index contributed by atoms with van der Waals surface area (Å²) in [6.07, 6.45) is 0. The van der Waals surface area contributed by atoms with Crippen molar-refractivity contribution in [3.05, 3.63) is 0 Å². The van der Waals surface area contributed by atoms with Crippen molar-refractivity contribution in [2.24, 2.45) is 0 Å². The summed E-state index contributed by atoms with van der Waals surface area (Å²) in [7, 11) is 3.57. The van der Waals surface area contributed by atoms with Crippen molar-refractivity contribution in [2.45, 2.75) is 13.8 Å². The zero-order chi connectivity index (χ0) is 8.15. The molecule has 0 aromatic carbocycles. The third kappa shape index (κ3) is 2.35. The first kappa shape index (κ1) is 9.43. The van der Waals surface area contributed by atoms with Crippen LogP contribution in [-0.4, -0.2) is 38.1 Å². The summed E-state index contributed by atoms with van der Waals surface area (Å²) in [5, 5.41) is 0. The molecule has 1 N–H and O–H groups in total. The Labute approximate surface area is 62.6 Å². The number of nitrogens with one attached hydrogen (secondary N) is 1. The van der Waals surface area contributed by atoms with Gasteiger partial charge in [0.1, 0.15) is 0 Å². The van der Waals surface area contributed by atoms with Gasteiger partial charge in [-0.2, -0.15) is 0 Å². The average Bonchev–Trinajstić information content (AvgIpc) is 1.90. The summed E-state index contributed by atoms with van der Waals surface area (Å²) in [6, 6.07) is 0.171. The molecule has 3 nitrogen and oxygen atoms in total. The third-order valence-electron chi connectivity index (χ3n) is 1.56. The Balaban J connectivity index is 3.89. The summed E-state index contributed by atoms with van der Waals surface area (Å²) >= 11 is 0. The van der Waals surface area contributed by atoms with Gasteiger partial charge in [-0.05, 0) is 13.8 Å². The van der Waals surface area contributed by atoms with E-state index < -0.39 is 0 Å². The molecule has 0 saturated heterocycles. The molecule has 10 heavy (non-hydrogen) atoms. The van der Waals surface area contributed by atoms with Crippen LogP contribution < -0.4 is 4.90 Å². The van der Waals surface area contributed by atoms with Crippen LogP contribution in [0.15, 0.2) is 0 Å². The van der Waals surface area contributed by atoms with Crippen LogP contribution in [0.25, 0.3) is 0 Å². The largest absolute Gasteiger partial charge is 0.416 e. The van der Waals surface area contributed by atoms with Crippen molar-refractivity contribution in [3.63, 3.8) is 0 Å². The van der Waals surface area contributed by atoms with Crippen LogP contribution in [0, 0.1) is 0 Å². The number of quaternary nitrogens is 1. The van der Waals surface area contributed by atoms with Gasteiger partial charge in [-0.15, -0.1) is 0 Å². The monoisotopic (exact) mass is 145 g/mol. The summed E-state index contributed by atoms with van der Waals surface area (Å²) in [6.45, 7) is 5.77. The Morgan fingerprint density at radius 3 is 1.80 bits per heavy atom. The summed E-state index contributed by atoms with van der Waals surface area (Å²) in [5.41, 5.74) is 0. The molecule has 0 aliphatic carbocycles. The first-order valence-electron chi connectivity index (χ1n) is 3.69. The third-order valence-corrected chi connectivity index (χ3v) is 1.56. The predicted octanol–water partition coefficient (Wildman–Crippen LogP) is -0.407. The van der Waals surface area contributed by atoms with Gasteiger partial charge >= 0.3 is 6.03 Å². The number of carbonyl (C=O) groups excluding carboxylic acids is 1. The van der Waals surface area contributed by atoms with E-state index in [9.17, 15) is 4.79 Å². The van der Waals surface area contributed by atoms with E-state index in [1.54, 1.807) is 19.0 Å². The van der Waals surface area contributed by atoms with Crippen LogP contribution in [-0.2, 0) is 0 Å². The molecule has 0 saturated carbocycles. The number of carbonyl (C=O) groups is 1. The van der Waals surface area contributed by atoms with Crippen molar-refractivity contribution in [1.29, 1.82) is 0 Å². The van der Waals surface area contributed by atoms with E-state index in [4.69, 9.17) is 0 Å². The van der Waals surface area contributed by atoms with Gasteiger partial charge in [0.05, 0.1) is 13.1 Å². The number of hydrogen-bond donors (Lipinski definition) is 1. The predicted molar refractivity (Wildman–Crippen MR) is 41.1 cm³/mol. The zero-order valence-corrected chi connectivity index (χ0v) is 7.27. The molecule has 0 unspecified atom stereocenters. The van der Waals surface area contributed by atoms with Crippen molar-refractivity contribution in [3.8, 4) is 0 Å². The van der Waals surface area contributed by atoms with E-state index in [1.807, 2.05) is 13.8 Å². The normalized spacial score (nSPS) is 10.1. The molecule has 0 rings (SSSR count). The minimum Gasteiger partial charge on any atom is -0.299 e. The number of hydrogen-bond acceptors (Lipinski definition) is 1. The minimum absolute atomic E-state index is 0.171. The molecular formula is C7H17N2O+. The van der Waals surface area contributed by atoms with Crippen LogP contribution in [0.3, 0.4) is 0 Å². The molecule has 0 heterocycles. The Bertz CT molecular complexity index is 108. The fraction of sp³-hybridized carbons (Fsp3) is 0.857. The first-order valence-corrected chi connectivity index (χ1v) is 3.69. The molecule has 2 amide bonds. The van der Waals surface area contributed by atoms with Crippen LogP contribution in [0.2, 0.25) is 0 Å². The average molecular weight is 145 g/mol. The van der Waals surface area contributed by atoms with Gasteiger partial charge in [0.25, 0.3) is 0 Å². The lowest BCUT2D eigenvalue weighted by Gasteiger charge is -2.16. The number of amides is 2. The van der Waals surface area contributed by atoms with Crippen molar-refractivity contribution in [2.75, 3.05) is 27.2 Å². The van der Waals surface area contributed by atoms with Crippen LogP contribution in [0.5, 0.6) is 0 Å². The molecule has 0 spiro atoms. The maximum absolute atomic E-state index is 11.2. The van der Waals surface area contributed by atoms with Gasteiger partial charge in [0.2, 0.25) is 0 Å². The molecule has 0 radical (unpaired) electrons. The van der Waals surface area contributed by atoms with E-state index in [2.05, 4.69) is 0 Å². The number of nitrogens with zero attached hydrogens (tertiary/aromatic N) is 1. The van der Waals surface area contributed by atoms with Crippen LogP contribution in [0.4, 0.5) is 4.79 Å². The highest BCUT2D eigenvalue weighted by Gasteiger charge is 2.16. The zero-order valence-electron chi connectivity index (χ0n) is 7.27. The van der Waals surface area contributed by atoms with Crippen molar-refractivity contribution < 1.29 is 9.69 Å². The van der Waals surface area contributed by atoms with Crippen LogP contribution >= 0.6 is 0 Å². The first-order chi connectivity index (χ1) is 4.63. The molecule has 60 valence electrons. The summed E-state index contributed by atoms with van der Waals surface area (Å²) in [4.78, 5) is 13.8.